The average Bonchev–Trinajstić information content (AvgIpc) is 2.48. The smallest absolute Gasteiger partial charge is 0.242 e. The van der Waals surface area contributed by atoms with Gasteiger partial charge in [0.15, 0.2) is 0 Å². The van der Waals surface area contributed by atoms with Gasteiger partial charge >= 0.3 is 0 Å². The molecule has 0 radical (unpaired) electrons. The minimum absolute atomic E-state index is 0.193. The first kappa shape index (κ1) is 16.7. The first-order chi connectivity index (χ1) is 10.0. The molecular weight excluding hydrogens is 308 g/mol. The zero-order chi connectivity index (χ0) is 15.3. The summed E-state index contributed by atoms with van der Waals surface area (Å²) in [7, 11) is -3.54. The van der Waals surface area contributed by atoms with Crippen molar-refractivity contribution < 1.29 is 8.42 Å². The summed E-state index contributed by atoms with van der Waals surface area (Å²) in [5, 5.41) is 3.57. The Balaban J connectivity index is 2.08. The van der Waals surface area contributed by atoms with Gasteiger partial charge in [0.25, 0.3) is 0 Å². The monoisotopic (exact) mass is 330 g/mol. The molecule has 4 nitrogen and oxygen atoms in total. The van der Waals surface area contributed by atoms with Crippen LogP contribution in [-0.2, 0) is 16.4 Å². The second-order valence-electron chi connectivity index (χ2n) is 5.58. The van der Waals surface area contributed by atoms with Crippen molar-refractivity contribution in [3.8, 4) is 0 Å². The van der Waals surface area contributed by atoms with Crippen LogP contribution < -0.4 is 10.0 Å². The van der Waals surface area contributed by atoms with E-state index in [1.807, 2.05) is 6.07 Å². The van der Waals surface area contributed by atoms with E-state index in [0.717, 1.165) is 44.3 Å². The molecule has 2 rings (SSSR count). The highest BCUT2D eigenvalue weighted by atomic mass is 35.5. The highest BCUT2D eigenvalue weighted by molar-refractivity contribution is 7.89. The summed E-state index contributed by atoms with van der Waals surface area (Å²) >= 11 is 6.07. The van der Waals surface area contributed by atoms with Crippen LogP contribution in [-0.4, -0.2) is 28.1 Å². The van der Waals surface area contributed by atoms with E-state index < -0.39 is 10.0 Å². The van der Waals surface area contributed by atoms with E-state index >= 15 is 0 Å². The van der Waals surface area contributed by atoms with E-state index in [1.54, 1.807) is 12.1 Å². The predicted octanol–water partition coefficient (Wildman–Crippen LogP) is 2.57. The van der Waals surface area contributed by atoms with E-state index in [-0.39, 0.29) is 9.92 Å². The number of halogens is 1. The molecule has 1 fully saturated rings. The lowest BCUT2D eigenvalue weighted by Gasteiger charge is -2.23. The highest BCUT2D eigenvalue weighted by Crippen LogP contribution is 2.23. The van der Waals surface area contributed by atoms with Crippen LogP contribution in [0.1, 0.15) is 31.7 Å². The van der Waals surface area contributed by atoms with Gasteiger partial charge < -0.3 is 5.32 Å². The third-order valence-electron chi connectivity index (χ3n) is 3.78. The maximum Gasteiger partial charge on any atom is 0.242 e. The van der Waals surface area contributed by atoms with Gasteiger partial charge in [-0.2, -0.15) is 0 Å². The SMILES string of the molecule is CCCc1ccc(Cl)c(S(=O)(=O)NCC2CCCNC2)c1. The number of benzene rings is 1. The molecule has 1 unspecified atom stereocenters. The Morgan fingerprint density at radius 1 is 1.43 bits per heavy atom. The van der Waals surface area contributed by atoms with E-state index in [4.69, 9.17) is 11.6 Å². The molecule has 1 aromatic rings. The Hall–Kier alpha value is -0.620. The van der Waals surface area contributed by atoms with Crippen LogP contribution in [0.15, 0.2) is 23.1 Å². The van der Waals surface area contributed by atoms with Crippen LogP contribution in [0.4, 0.5) is 0 Å². The molecule has 21 heavy (non-hydrogen) atoms. The highest BCUT2D eigenvalue weighted by Gasteiger charge is 2.21. The lowest BCUT2D eigenvalue weighted by molar-refractivity contribution is 0.376. The zero-order valence-corrected chi connectivity index (χ0v) is 13.9. The van der Waals surface area contributed by atoms with Gasteiger partial charge in [0.05, 0.1) is 5.02 Å². The number of nitrogens with one attached hydrogen (secondary N) is 2. The molecule has 1 aliphatic rings. The van der Waals surface area contributed by atoms with Crippen LogP contribution in [0.5, 0.6) is 0 Å². The van der Waals surface area contributed by atoms with Crippen LogP contribution >= 0.6 is 11.6 Å². The molecule has 0 saturated carbocycles. The largest absolute Gasteiger partial charge is 0.316 e. The summed E-state index contributed by atoms with van der Waals surface area (Å²) in [6.07, 6.45) is 3.98. The van der Waals surface area contributed by atoms with Crippen LogP contribution in [0, 0.1) is 5.92 Å². The summed E-state index contributed by atoms with van der Waals surface area (Å²) in [5.74, 6) is 0.353. The fourth-order valence-corrected chi connectivity index (χ4v) is 4.27. The Kier molecular flexibility index (Phi) is 6.05. The summed E-state index contributed by atoms with van der Waals surface area (Å²) in [6.45, 7) is 4.42. The maximum atomic E-state index is 12.4. The fraction of sp³-hybridized carbons (Fsp3) is 0.600. The number of aryl methyl sites for hydroxylation is 1. The van der Waals surface area contributed by atoms with Gasteiger partial charge in [-0.3, -0.25) is 0 Å². The normalized spacial score (nSPS) is 19.6. The summed E-state index contributed by atoms with van der Waals surface area (Å²) in [4.78, 5) is 0.193. The van der Waals surface area contributed by atoms with Crippen molar-refractivity contribution in [1.29, 1.82) is 0 Å². The fourth-order valence-electron chi connectivity index (χ4n) is 2.60. The minimum atomic E-state index is -3.54. The molecule has 0 spiro atoms. The van der Waals surface area contributed by atoms with Gasteiger partial charge in [-0.05, 0) is 56.0 Å². The number of sulfonamides is 1. The number of rotatable bonds is 6. The van der Waals surface area contributed by atoms with Crippen molar-refractivity contribution in [2.45, 2.75) is 37.5 Å². The molecule has 118 valence electrons. The Labute approximate surface area is 132 Å². The van der Waals surface area contributed by atoms with Crippen molar-refractivity contribution in [3.63, 3.8) is 0 Å². The molecule has 0 bridgehead atoms. The molecule has 1 aliphatic heterocycles. The van der Waals surface area contributed by atoms with Crippen molar-refractivity contribution in [1.82, 2.24) is 10.0 Å². The third kappa shape index (κ3) is 4.68. The van der Waals surface area contributed by atoms with Crippen molar-refractivity contribution in [2.75, 3.05) is 19.6 Å². The third-order valence-corrected chi connectivity index (χ3v) is 5.69. The topological polar surface area (TPSA) is 58.2 Å². The molecule has 6 heteroatoms. The Morgan fingerprint density at radius 2 is 2.24 bits per heavy atom. The molecule has 1 aromatic carbocycles. The first-order valence-electron chi connectivity index (χ1n) is 7.51. The van der Waals surface area contributed by atoms with Crippen molar-refractivity contribution >= 4 is 21.6 Å². The second-order valence-corrected chi connectivity index (χ2v) is 7.72. The van der Waals surface area contributed by atoms with E-state index in [1.165, 1.54) is 0 Å². The van der Waals surface area contributed by atoms with Gasteiger partial charge in [0.1, 0.15) is 4.90 Å². The van der Waals surface area contributed by atoms with Crippen LogP contribution in [0.25, 0.3) is 0 Å². The van der Waals surface area contributed by atoms with Crippen LogP contribution in [0.3, 0.4) is 0 Å². The van der Waals surface area contributed by atoms with Gasteiger partial charge in [0, 0.05) is 6.54 Å². The molecule has 1 saturated heterocycles. The quantitative estimate of drug-likeness (QED) is 0.842. The van der Waals surface area contributed by atoms with Gasteiger partial charge in [-0.25, -0.2) is 13.1 Å². The van der Waals surface area contributed by atoms with E-state index in [2.05, 4.69) is 17.0 Å². The number of hydrogen-bond acceptors (Lipinski definition) is 3. The number of piperidine rings is 1. The number of hydrogen-bond donors (Lipinski definition) is 2. The molecule has 2 N–H and O–H groups in total. The average molecular weight is 331 g/mol. The first-order valence-corrected chi connectivity index (χ1v) is 9.38. The lowest BCUT2D eigenvalue weighted by Crippen LogP contribution is -2.38. The predicted molar refractivity (Wildman–Crippen MR) is 86.2 cm³/mol. The zero-order valence-electron chi connectivity index (χ0n) is 12.4. The van der Waals surface area contributed by atoms with Gasteiger partial charge in [-0.1, -0.05) is 31.0 Å². The Morgan fingerprint density at radius 3 is 2.90 bits per heavy atom. The van der Waals surface area contributed by atoms with E-state index in [9.17, 15) is 8.42 Å². The van der Waals surface area contributed by atoms with Crippen molar-refractivity contribution in [2.24, 2.45) is 5.92 Å². The lowest BCUT2D eigenvalue weighted by atomic mass is 10.0. The molecule has 0 aliphatic carbocycles. The van der Waals surface area contributed by atoms with E-state index in [0.29, 0.717) is 12.5 Å². The molecule has 1 atom stereocenters. The summed E-state index contributed by atoms with van der Waals surface area (Å²) in [5.41, 5.74) is 1.00. The van der Waals surface area contributed by atoms with Gasteiger partial charge in [-0.15, -0.1) is 0 Å². The molecule has 0 aromatic heterocycles. The standard InChI is InChI=1S/C15H23ClN2O2S/c1-2-4-12-6-7-14(16)15(9-12)21(19,20)18-11-13-5-3-8-17-10-13/h6-7,9,13,17-18H,2-5,8,10-11H2,1H3. The van der Waals surface area contributed by atoms with Crippen molar-refractivity contribution in [3.05, 3.63) is 28.8 Å². The summed E-state index contributed by atoms with van der Waals surface area (Å²) in [6, 6.07) is 5.24. The molecular formula is C15H23ClN2O2S. The van der Waals surface area contributed by atoms with Gasteiger partial charge in [0.2, 0.25) is 10.0 Å². The molecule has 1 heterocycles. The second kappa shape index (κ2) is 7.58. The molecule has 0 amide bonds. The Bertz CT molecular complexity index is 569. The maximum absolute atomic E-state index is 12.4. The minimum Gasteiger partial charge on any atom is -0.316 e. The summed E-state index contributed by atoms with van der Waals surface area (Å²) < 4.78 is 27.6. The van der Waals surface area contributed by atoms with Crippen LogP contribution in [0.2, 0.25) is 5.02 Å².